The molecule has 6 nitrogen and oxygen atoms in total. The average molecular weight is 383 g/mol. The molecule has 1 fully saturated rings. The number of rotatable bonds is 5. The first-order valence-electron chi connectivity index (χ1n) is 10.0. The Kier molecular flexibility index (Phi) is 6.17. The van der Waals surface area contributed by atoms with Crippen molar-refractivity contribution in [3.63, 3.8) is 0 Å². The van der Waals surface area contributed by atoms with Gasteiger partial charge in [-0.25, -0.2) is 9.48 Å². The summed E-state index contributed by atoms with van der Waals surface area (Å²) in [5.41, 5.74) is 2.57. The van der Waals surface area contributed by atoms with E-state index in [9.17, 15) is 9.59 Å². The van der Waals surface area contributed by atoms with Crippen molar-refractivity contribution in [1.29, 1.82) is 0 Å². The zero-order valence-corrected chi connectivity index (χ0v) is 17.1. The highest BCUT2D eigenvalue weighted by atomic mass is 16.5. The van der Waals surface area contributed by atoms with E-state index < -0.39 is 12.1 Å². The molecule has 0 radical (unpaired) electrons. The van der Waals surface area contributed by atoms with Crippen LogP contribution in [-0.4, -0.2) is 33.8 Å². The summed E-state index contributed by atoms with van der Waals surface area (Å²) in [5.74, 6) is -0.302. The summed E-state index contributed by atoms with van der Waals surface area (Å²) in [5, 5.41) is 7.52. The van der Waals surface area contributed by atoms with Crippen LogP contribution >= 0.6 is 0 Å². The lowest BCUT2D eigenvalue weighted by atomic mass is 9.86. The first-order chi connectivity index (χ1) is 13.4. The quantitative estimate of drug-likeness (QED) is 0.799. The number of hydrogen-bond acceptors (Lipinski definition) is 4. The van der Waals surface area contributed by atoms with Crippen molar-refractivity contribution in [3.05, 3.63) is 47.3 Å². The molecule has 0 unspecified atom stereocenters. The molecular formula is C22H29N3O3. The van der Waals surface area contributed by atoms with Crippen LogP contribution in [0.4, 0.5) is 0 Å². The SMILES string of the molecule is Cc1nn(-c2ccccc2)c(C)c1C(=O)O[C@@H](C)C(=O)N[C@@H]1CCCC[C@@H]1C. The van der Waals surface area contributed by atoms with Crippen LogP contribution in [0.1, 0.15) is 61.3 Å². The Hall–Kier alpha value is -2.63. The first kappa shape index (κ1) is 20.1. The minimum Gasteiger partial charge on any atom is -0.449 e. The lowest BCUT2D eigenvalue weighted by molar-refractivity contribution is -0.130. The van der Waals surface area contributed by atoms with Gasteiger partial charge in [0.1, 0.15) is 5.56 Å². The minimum absolute atomic E-state index is 0.159. The van der Waals surface area contributed by atoms with Crippen molar-refractivity contribution >= 4 is 11.9 Å². The van der Waals surface area contributed by atoms with Crippen LogP contribution < -0.4 is 5.32 Å². The maximum atomic E-state index is 12.7. The summed E-state index contributed by atoms with van der Waals surface area (Å²) < 4.78 is 7.20. The van der Waals surface area contributed by atoms with Gasteiger partial charge in [-0.1, -0.05) is 38.0 Å². The van der Waals surface area contributed by atoms with Crippen LogP contribution in [0.3, 0.4) is 0 Å². The van der Waals surface area contributed by atoms with E-state index >= 15 is 0 Å². The molecule has 0 spiro atoms. The normalized spacial score (nSPS) is 20.4. The number of carbonyl (C=O) groups is 2. The van der Waals surface area contributed by atoms with Gasteiger partial charge in [0.2, 0.25) is 0 Å². The maximum Gasteiger partial charge on any atom is 0.342 e. The van der Waals surface area contributed by atoms with Crippen LogP contribution in [0.15, 0.2) is 30.3 Å². The third-order valence-electron chi connectivity index (χ3n) is 5.59. The third kappa shape index (κ3) is 4.26. The molecular weight excluding hydrogens is 354 g/mol. The number of ether oxygens (including phenoxy) is 1. The highest BCUT2D eigenvalue weighted by molar-refractivity contribution is 5.94. The molecule has 3 atom stereocenters. The van der Waals surface area contributed by atoms with Crippen LogP contribution in [0.5, 0.6) is 0 Å². The van der Waals surface area contributed by atoms with Crippen molar-refractivity contribution in [2.45, 2.75) is 65.5 Å². The predicted octanol–water partition coefficient (Wildman–Crippen LogP) is 3.73. The van der Waals surface area contributed by atoms with Gasteiger partial charge in [0.25, 0.3) is 5.91 Å². The fraction of sp³-hybridized carbons (Fsp3) is 0.500. The molecule has 1 aliphatic carbocycles. The zero-order valence-electron chi connectivity index (χ0n) is 17.1. The van der Waals surface area contributed by atoms with E-state index in [-0.39, 0.29) is 11.9 Å². The summed E-state index contributed by atoms with van der Waals surface area (Å²) in [6, 6.07) is 9.78. The summed E-state index contributed by atoms with van der Waals surface area (Å²) in [6.45, 7) is 7.38. The van der Waals surface area contributed by atoms with Crippen LogP contribution in [0, 0.1) is 19.8 Å². The Morgan fingerprint density at radius 1 is 1.18 bits per heavy atom. The molecule has 1 N–H and O–H groups in total. The van der Waals surface area contributed by atoms with Gasteiger partial charge >= 0.3 is 5.97 Å². The second-order valence-corrected chi connectivity index (χ2v) is 7.72. The Morgan fingerprint density at radius 2 is 1.86 bits per heavy atom. The smallest absolute Gasteiger partial charge is 0.342 e. The van der Waals surface area contributed by atoms with E-state index in [1.54, 1.807) is 18.5 Å². The molecule has 1 aliphatic rings. The lowest BCUT2D eigenvalue weighted by Crippen LogP contribution is -2.46. The molecule has 0 saturated heterocycles. The van der Waals surface area contributed by atoms with Gasteiger partial charge in [0.15, 0.2) is 6.10 Å². The number of nitrogens with zero attached hydrogens (tertiary/aromatic N) is 2. The molecule has 0 bridgehead atoms. The minimum atomic E-state index is -0.847. The van der Waals surface area contributed by atoms with Gasteiger partial charge in [0.05, 0.1) is 17.1 Å². The van der Waals surface area contributed by atoms with Gasteiger partial charge in [-0.3, -0.25) is 4.79 Å². The highest BCUT2D eigenvalue weighted by Crippen LogP contribution is 2.24. The van der Waals surface area contributed by atoms with Crippen molar-refractivity contribution in [2.75, 3.05) is 0 Å². The van der Waals surface area contributed by atoms with Gasteiger partial charge < -0.3 is 10.1 Å². The molecule has 6 heteroatoms. The first-order valence-corrected chi connectivity index (χ1v) is 10.0. The number of hydrogen-bond donors (Lipinski definition) is 1. The van der Waals surface area contributed by atoms with Gasteiger partial charge in [-0.15, -0.1) is 0 Å². The van der Waals surface area contributed by atoms with Gasteiger partial charge in [-0.2, -0.15) is 5.10 Å². The second kappa shape index (κ2) is 8.59. The lowest BCUT2D eigenvalue weighted by Gasteiger charge is -2.30. The number of nitrogens with one attached hydrogen (secondary N) is 1. The number of para-hydroxylation sites is 1. The van der Waals surface area contributed by atoms with E-state index in [1.165, 1.54) is 6.42 Å². The average Bonchev–Trinajstić information content (AvgIpc) is 2.98. The predicted molar refractivity (Wildman–Crippen MR) is 107 cm³/mol. The Balaban J connectivity index is 1.69. The van der Waals surface area contributed by atoms with Gasteiger partial charge in [0, 0.05) is 6.04 Å². The number of aromatic nitrogens is 2. The van der Waals surface area contributed by atoms with E-state index in [4.69, 9.17) is 4.74 Å². The van der Waals surface area contributed by atoms with E-state index in [0.29, 0.717) is 22.9 Å². The monoisotopic (exact) mass is 383 g/mol. The molecule has 150 valence electrons. The third-order valence-corrected chi connectivity index (χ3v) is 5.59. The summed E-state index contributed by atoms with van der Waals surface area (Å²) in [4.78, 5) is 25.3. The topological polar surface area (TPSA) is 73.2 Å². The standard InChI is InChI=1S/C22H29N3O3/c1-14-10-8-9-13-19(14)23-21(26)17(4)28-22(27)20-15(2)24-25(16(20)3)18-11-6-5-7-12-18/h5-7,11-12,14,17,19H,8-10,13H2,1-4H3,(H,23,26)/t14-,17-,19+/m0/s1. The molecule has 0 aliphatic heterocycles. The van der Waals surface area contributed by atoms with E-state index in [2.05, 4.69) is 17.3 Å². The number of benzene rings is 1. The number of carbonyl (C=O) groups excluding carboxylic acids is 2. The highest BCUT2D eigenvalue weighted by Gasteiger charge is 2.28. The number of aryl methyl sites for hydroxylation is 1. The number of esters is 1. The summed E-state index contributed by atoms with van der Waals surface area (Å²) >= 11 is 0. The maximum absolute atomic E-state index is 12.7. The van der Waals surface area contributed by atoms with Crippen LogP contribution in [0.2, 0.25) is 0 Å². The molecule has 3 rings (SSSR count). The fourth-order valence-electron chi connectivity index (χ4n) is 3.86. The number of amides is 1. The molecule has 1 aromatic carbocycles. The summed E-state index contributed by atoms with van der Waals surface area (Å²) in [7, 11) is 0. The molecule has 1 amide bonds. The fourth-order valence-corrected chi connectivity index (χ4v) is 3.86. The van der Waals surface area contributed by atoms with Crippen molar-refractivity contribution in [3.8, 4) is 5.69 Å². The second-order valence-electron chi connectivity index (χ2n) is 7.72. The van der Waals surface area contributed by atoms with Crippen LogP contribution in [-0.2, 0) is 9.53 Å². The summed E-state index contributed by atoms with van der Waals surface area (Å²) in [6.07, 6.45) is 3.59. The van der Waals surface area contributed by atoms with Crippen molar-refractivity contribution in [2.24, 2.45) is 5.92 Å². The molecule has 1 heterocycles. The zero-order chi connectivity index (χ0) is 20.3. The molecule has 1 saturated carbocycles. The Morgan fingerprint density at radius 3 is 2.54 bits per heavy atom. The molecule has 28 heavy (non-hydrogen) atoms. The van der Waals surface area contributed by atoms with Crippen molar-refractivity contribution in [1.82, 2.24) is 15.1 Å². The van der Waals surface area contributed by atoms with Crippen molar-refractivity contribution < 1.29 is 14.3 Å². The van der Waals surface area contributed by atoms with E-state index in [0.717, 1.165) is 24.9 Å². The van der Waals surface area contributed by atoms with Crippen LogP contribution in [0.25, 0.3) is 5.69 Å². The Bertz CT molecular complexity index is 844. The molecule has 2 aromatic rings. The van der Waals surface area contributed by atoms with Gasteiger partial charge in [-0.05, 0) is 51.7 Å². The largest absolute Gasteiger partial charge is 0.449 e. The Labute approximate surface area is 166 Å². The molecule has 1 aromatic heterocycles. The van der Waals surface area contributed by atoms with E-state index in [1.807, 2.05) is 37.3 Å².